The van der Waals surface area contributed by atoms with Gasteiger partial charge in [0.05, 0.1) is 17.2 Å². The van der Waals surface area contributed by atoms with Crippen molar-refractivity contribution in [3.8, 4) is 16.9 Å². The monoisotopic (exact) mass is 322 g/mol. The molecule has 0 fully saturated rings. The van der Waals surface area contributed by atoms with Crippen LogP contribution in [0.3, 0.4) is 0 Å². The minimum Gasteiger partial charge on any atom is -0.496 e. The van der Waals surface area contributed by atoms with E-state index in [-0.39, 0.29) is 5.41 Å². The molecule has 0 heterocycles. The van der Waals surface area contributed by atoms with Crippen LogP contribution >= 0.6 is 23.2 Å². The first-order chi connectivity index (χ1) is 9.74. The molecule has 2 aromatic carbocycles. The van der Waals surface area contributed by atoms with E-state index in [1.807, 2.05) is 18.2 Å². The van der Waals surface area contributed by atoms with Crippen molar-refractivity contribution < 1.29 is 4.74 Å². The lowest BCUT2D eigenvalue weighted by Gasteiger charge is -2.24. The molecule has 2 rings (SSSR count). The molecule has 0 aliphatic carbocycles. The summed E-state index contributed by atoms with van der Waals surface area (Å²) in [4.78, 5) is 0. The van der Waals surface area contributed by atoms with E-state index in [0.29, 0.717) is 10.0 Å². The third-order valence-corrected chi connectivity index (χ3v) is 4.32. The molecule has 0 atom stereocenters. The number of rotatable bonds is 2. The second-order valence-corrected chi connectivity index (χ2v) is 7.06. The molecule has 0 radical (unpaired) electrons. The topological polar surface area (TPSA) is 9.23 Å². The zero-order chi connectivity index (χ0) is 15.8. The van der Waals surface area contributed by atoms with E-state index in [2.05, 4.69) is 39.8 Å². The van der Waals surface area contributed by atoms with Gasteiger partial charge in [0.25, 0.3) is 0 Å². The molecule has 0 N–H and O–H groups in total. The Morgan fingerprint density at radius 2 is 1.62 bits per heavy atom. The van der Waals surface area contributed by atoms with Gasteiger partial charge in [-0.25, -0.2) is 0 Å². The van der Waals surface area contributed by atoms with Gasteiger partial charge in [0.2, 0.25) is 0 Å². The molecule has 0 bridgehead atoms. The molecule has 0 unspecified atom stereocenters. The Morgan fingerprint density at radius 3 is 2.14 bits per heavy atom. The number of benzene rings is 2. The number of hydrogen-bond acceptors (Lipinski definition) is 1. The predicted octanol–water partition coefficient (Wildman–Crippen LogP) is 6.27. The average Bonchev–Trinajstić information content (AvgIpc) is 2.40. The Bertz CT molecular complexity index is 670. The number of halogens is 2. The maximum atomic E-state index is 6.15. The molecule has 3 heteroatoms. The summed E-state index contributed by atoms with van der Waals surface area (Å²) in [6, 6.07) is 10.0. The maximum Gasteiger partial charge on any atom is 0.122 e. The van der Waals surface area contributed by atoms with Crippen LogP contribution in [0.15, 0.2) is 30.3 Å². The minimum atomic E-state index is 0.00398. The normalized spacial score (nSPS) is 11.6. The Labute approximate surface area is 136 Å². The van der Waals surface area contributed by atoms with E-state index in [1.165, 1.54) is 5.56 Å². The molecular weight excluding hydrogens is 303 g/mol. The average molecular weight is 323 g/mol. The lowest BCUT2D eigenvalue weighted by Crippen LogP contribution is -2.13. The zero-order valence-corrected chi connectivity index (χ0v) is 14.6. The zero-order valence-electron chi connectivity index (χ0n) is 13.1. The molecule has 2 aromatic rings. The van der Waals surface area contributed by atoms with Crippen LogP contribution in [0.2, 0.25) is 10.0 Å². The van der Waals surface area contributed by atoms with E-state index in [4.69, 9.17) is 27.9 Å². The first kappa shape index (κ1) is 16.2. The largest absolute Gasteiger partial charge is 0.496 e. The van der Waals surface area contributed by atoms with Crippen molar-refractivity contribution in [3.05, 3.63) is 51.5 Å². The summed E-state index contributed by atoms with van der Waals surface area (Å²) in [6.07, 6.45) is 0. The maximum absolute atomic E-state index is 6.15. The highest BCUT2D eigenvalue weighted by Crippen LogP contribution is 2.38. The molecule has 21 heavy (non-hydrogen) atoms. The van der Waals surface area contributed by atoms with Crippen molar-refractivity contribution in [1.82, 2.24) is 0 Å². The van der Waals surface area contributed by atoms with Gasteiger partial charge in [0.1, 0.15) is 5.75 Å². The van der Waals surface area contributed by atoms with Crippen LogP contribution in [-0.2, 0) is 5.41 Å². The second-order valence-electron chi connectivity index (χ2n) is 6.25. The SMILES string of the molecule is COc1cc(C)c(-c2ccc(Cl)c(Cl)c2)cc1C(C)(C)C. The Morgan fingerprint density at radius 1 is 0.952 bits per heavy atom. The number of aryl methyl sites for hydroxylation is 1. The van der Waals surface area contributed by atoms with E-state index < -0.39 is 0 Å². The number of methoxy groups -OCH3 is 1. The van der Waals surface area contributed by atoms with Gasteiger partial charge in [0, 0.05) is 5.56 Å². The van der Waals surface area contributed by atoms with Crippen LogP contribution in [0, 0.1) is 6.92 Å². The first-order valence-electron chi connectivity index (χ1n) is 6.88. The van der Waals surface area contributed by atoms with E-state index >= 15 is 0 Å². The fourth-order valence-electron chi connectivity index (χ4n) is 2.41. The predicted molar refractivity (Wildman–Crippen MR) is 91.9 cm³/mol. The molecule has 0 spiro atoms. The number of hydrogen-bond donors (Lipinski definition) is 0. The molecule has 0 aromatic heterocycles. The van der Waals surface area contributed by atoms with Crippen molar-refractivity contribution >= 4 is 23.2 Å². The molecule has 0 saturated heterocycles. The highest BCUT2D eigenvalue weighted by atomic mass is 35.5. The first-order valence-corrected chi connectivity index (χ1v) is 7.64. The summed E-state index contributed by atoms with van der Waals surface area (Å²) in [6.45, 7) is 8.61. The molecular formula is C18H20Cl2O. The molecule has 0 saturated carbocycles. The lowest BCUT2D eigenvalue weighted by atomic mass is 9.83. The van der Waals surface area contributed by atoms with Crippen molar-refractivity contribution in [1.29, 1.82) is 0 Å². The fraction of sp³-hybridized carbons (Fsp3) is 0.333. The van der Waals surface area contributed by atoms with E-state index in [9.17, 15) is 0 Å². The van der Waals surface area contributed by atoms with Gasteiger partial charge in [-0.1, -0.05) is 50.0 Å². The summed E-state index contributed by atoms with van der Waals surface area (Å²) in [7, 11) is 1.71. The summed E-state index contributed by atoms with van der Waals surface area (Å²) < 4.78 is 5.54. The summed E-state index contributed by atoms with van der Waals surface area (Å²) in [5.74, 6) is 0.920. The summed E-state index contributed by atoms with van der Waals surface area (Å²) >= 11 is 12.2. The van der Waals surface area contributed by atoms with Gasteiger partial charge >= 0.3 is 0 Å². The van der Waals surface area contributed by atoms with Gasteiger partial charge in [-0.15, -0.1) is 0 Å². The summed E-state index contributed by atoms with van der Waals surface area (Å²) in [5, 5.41) is 1.14. The van der Waals surface area contributed by atoms with Crippen LogP contribution in [0.4, 0.5) is 0 Å². The minimum absolute atomic E-state index is 0.00398. The van der Waals surface area contributed by atoms with Crippen molar-refractivity contribution in [2.45, 2.75) is 33.1 Å². The molecule has 112 valence electrons. The van der Waals surface area contributed by atoms with Gasteiger partial charge in [-0.05, 0) is 53.3 Å². The van der Waals surface area contributed by atoms with Crippen molar-refractivity contribution in [3.63, 3.8) is 0 Å². The molecule has 0 aliphatic heterocycles. The Hall–Kier alpha value is -1.18. The fourth-order valence-corrected chi connectivity index (χ4v) is 2.71. The number of ether oxygens (including phenoxy) is 1. The smallest absolute Gasteiger partial charge is 0.122 e. The second kappa shape index (κ2) is 5.90. The molecule has 0 amide bonds. The molecule has 0 aliphatic rings. The quantitative estimate of drug-likeness (QED) is 0.632. The Balaban J connectivity index is 2.66. The third kappa shape index (κ3) is 3.36. The van der Waals surface area contributed by atoms with Gasteiger partial charge in [0.15, 0.2) is 0 Å². The van der Waals surface area contributed by atoms with Crippen LogP contribution in [0.25, 0.3) is 11.1 Å². The van der Waals surface area contributed by atoms with Crippen LogP contribution in [0.5, 0.6) is 5.75 Å². The van der Waals surface area contributed by atoms with Crippen molar-refractivity contribution in [2.24, 2.45) is 0 Å². The van der Waals surface area contributed by atoms with Crippen LogP contribution < -0.4 is 4.74 Å². The third-order valence-electron chi connectivity index (χ3n) is 3.59. The lowest BCUT2D eigenvalue weighted by molar-refractivity contribution is 0.397. The van der Waals surface area contributed by atoms with E-state index in [1.54, 1.807) is 7.11 Å². The molecule has 1 nitrogen and oxygen atoms in total. The van der Waals surface area contributed by atoms with Gasteiger partial charge in [-0.2, -0.15) is 0 Å². The standard InChI is InChI=1S/C18H20Cl2O/c1-11-8-17(21-5)14(18(2,3)4)10-13(11)12-6-7-15(19)16(20)9-12/h6-10H,1-5H3. The van der Waals surface area contributed by atoms with Crippen molar-refractivity contribution in [2.75, 3.05) is 7.11 Å². The van der Waals surface area contributed by atoms with E-state index in [0.717, 1.165) is 22.4 Å². The van der Waals surface area contributed by atoms with Gasteiger partial charge < -0.3 is 4.74 Å². The highest BCUT2D eigenvalue weighted by Gasteiger charge is 2.21. The summed E-state index contributed by atoms with van der Waals surface area (Å²) in [5.41, 5.74) is 4.55. The Kier molecular flexibility index (Phi) is 4.55. The van der Waals surface area contributed by atoms with Crippen LogP contribution in [0.1, 0.15) is 31.9 Å². The van der Waals surface area contributed by atoms with Gasteiger partial charge in [-0.3, -0.25) is 0 Å². The van der Waals surface area contributed by atoms with Crippen LogP contribution in [-0.4, -0.2) is 7.11 Å². The highest BCUT2D eigenvalue weighted by molar-refractivity contribution is 6.42.